The standard InChI is InChI=1S/C19H18FN5O2/c1-2-27-19(26)12-7-9-13(10-8-12)24-17-16(21)18(23-11-22-17)25-15-6-4-3-5-14(15)20/h3-11H,2,21H2,1H3,(H2,22,23,24,25). The summed E-state index contributed by atoms with van der Waals surface area (Å²) in [7, 11) is 0. The topological polar surface area (TPSA) is 102 Å². The number of esters is 1. The Kier molecular flexibility index (Phi) is 5.46. The number of aromatic nitrogens is 2. The third kappa shape index (κ3) is 4.30. The van der Waals surface area contributed by atoms with Gasteiger partial charge in [0.2, 0.25) is 0 Å². The van der Waals surface area contributed by atoms with Crippen LogP contribution in [-0.2, 0) is 4.74 Å². The summed E-state index contributed by atoms with van der Waals surface area (Å²) < 4.78 is 18.8. The van der Waals surface area contributed by atoms with Crippen LogP contribution in [0.5, 0.6) is 0 Å². The van der Waals surface area contributed by atoms with E-state index in [4.69, 9.17) is 10.5 Å². The summed E-state index contributed by atoms with van der Waals surface area (Å²) in [6.07, 6.45) is 1.31. The van der Waals surface area contributed by atoms with Crippen LogP contribution < -0.4 is 16.4 Å². The molecular weight excluding hydrogens is 349 g/mol. The lowest BCUT2D eigenvalue weighted by Crippen LogP contribution is -2.06. The molecule has 0 aliphatic rings. The number of rotatable bonds is 6. The predicted molar refractivity (Wildman–Crippen MR) is 102 cm³/mol. The van der Waals surface area contributed by atoms with Crippen molar-refractivity contribution in [2.45, 2.75) is 6.92 Å². The molecular formula is C19H18FN5O2. The fraction of sp³-hybridized carbons (Fsp3) is 0.105. The van der Waals surface area contributed by atoms with Crippen LogP contribution in [0.15, 0.2) is 54.9 Å². The number of carbonyl (C=O) groups is 1. The lowest BCUT2D eigenvalue weighted by atomic mass is 10.2. The van der Waals surface area contributed by atoms with Crippen molar-refractivity contribution in [3.8, 4) is 0 Å². The van der Waals surface area contributed by atoms with Gasteiger partial charge in [0, 0.05) is 5.69 Å². The van der Waals surface area contributed by atoms with Gasteiger partial charge in [-0.3, -0.25) is 0 Å². The molecule has 2 aromatic carbocycles. The van der Waals surface area contributed by atoms with E-state index >= 15 is 0 Å². The molecule has 1 heterocycles. The van der Waals surface area contributed by atoms with Gasteiger partial charge in [-0.2, -0.15) is 0 Å². The van der Waals surface area contributed by atoms with E-state index in [0.29, 0.717) is 23.7 Å². The maximum Gasteiger partial charge on any atom is 0.338 e. The number of benzene rings is 2. The minimum Gasteiger partial charge on any atom is -0.462 e. The first-order valence-electron chi connectivity index (χ1n) is 8.24. The van der Waals surface area contributed by atoms with E-state index in [2.05, 4.69) is 20.6 Å². The van der Waals surface area contributed by atoms with Crippen LogP contribution in [0.1, 0.15) is 17.3 Å². The molecule has 1 aromatic heterocycles. The molecule has 8 heteroatoms. The second-order valence-electron chi connectivity index (χ2n) is 5.51. The molecule has 0 aliphatic carbocycles. The van der Waals surface area contributed by atoms with E-state index in [9.17, 15) is 9.18 Å². The van der Waals surface area contributed by atoms with Crippen molar-refractivity contribution in [3.05, 3.63) is 66.2 Å². The van der Waals surface area contributed by atoms with Gasteiger partial charge in [0.1, 0.15) is 17.8 Å². The predicted octanol–water partition coefficient (Wildman–Crippen LogP) is 3.86. The zero-order valence-electron chi connectivity index (χ0n) is 14.6. The zero-order valence-corrected chi connectivity index (χ0v) is 14.6. The van der Waals surface area contributed by atoms with Gasteiger partial charge in [-0.1, -0.05) is 12.1 Å². The maximum atomic E-state index is 13.8. The minimum absolute atomic E-state index is 0.232. The summed E-state index contributed by atoms with van der Waals surface area (Å²) in [5.41, 5.74) is 7.70. The number of para-hydroxylation sites is 1. The molecule has 0 saturated carbocycles. The molecule has 3 rings (SSSR count). The number of halogens is 1. The normalized spacial score (nSPS) is 10.3. The van der Waals surface area contributed by atoms with Crippen molar-refractivity contribution in [2.75, 3.05) is 23.0 Å². The third-order valence-electron chi connectivity index (χ3n) is 3.67. The van der Waals surface area contributed by atoms with Gasteiger partial charge in [-0.05, 0) is 43.3 Å². The van der Waals surface area contributed by atoms with Crippen molar-refractivity contribution < 1.29 is 13.9 Å². The van der Waals surface area contributed by atoms with Crippen LogP contribution in [-0.4, -0.2) is 22.5 Å². The number of ether oxygens (including phenoxy) is 1. The lowest BCUT2D eigenvalue weighted by Gasteiger charge is -2.13. The number of anilines is 5. The van der Waals surface area contributed by atoms with Gasteiger partial charge < -0.3 is 21.1 Å². The second kappa shape index (κ2) is 8.13. The number of hydrogen-bond acceptors (Lipinski definition) is 7. The van der Waals surface area contributed by atoms with Gasteiger partial charge in [0.25, 0.3) is 0 Å². The van der Waals surface area contributed by atoms with E-state index in [1.807, 2.05) is 0 Å². The highest BCUT2D eigenvalue weighted by atomic mass is 19.1. The first kappa shape index (κ1) is 18.1. The molecule has 0 fully saturated rings. The van der Waals surface area contributed by atoms with E-state index < -0.39 is 5.82 Å². The Morgan fingerprint density at radius 1 is 1.07 bits per heavy atom. The summed E-state index contributed by atoms with van der Waals surface area (Å²) in [5.74, 6) is -0.171. The first-order chi connectivity index (χ1) is 13.1. The molecule has 138 valence electrons. The van der Waals surface area contributed by atoms with Crippen LogP contribution in [0.2, 0.25) is 0 Å². The number of nitrogens with one attached hydrogen (secondary N) is 2. The Balaban J connectivity index is 1.78. The molecule has 0 atom stereocenters. The van der Waals surface area contributed by atoms with E-state index in [1.54, 1.807) is 49.4 Å². The highest BCUT2D eigenvalue weighted by Gasteiger charge is 2.11. The highest BCUT2D eigenvalue weighted by molar-refractivity contribution is 5.90. The number of hydrogen-bond donors (Lipinski definition) is 3. The largest absolute Gasteiger partial charge is 0.462 e. The van der Waals surface area contributed by atoms with Crippen molar-refractivity contribution in [2.24, 2.45) is 0 Å². The quantitative estimate of drug-likeness (QED) is 0.569. The van der Waals surface area contributed by atoms with Crippen molar-refractivity contribution >= 4 is 34.7 Å². The molecule has 27 heavy (non-hydrogen) atoms. The average molecular weight is 367 g/mol. The Morgan fingerprint density at radius 3 is 2.41 bits per heavy atom. The molecule has 0 amide bonds. The Bertz CT molecular complexity index is 947. The fourth-order valence-corrected chi connectivity index (χ4v) is 2.33. The summed E-state index contributed by atoms with van der Waals surface area (Å²) in [6.45, 7) is 2.06. The lowest BCUT2D eigenvalue weighted by molar-refractivity contribution is 0.0526. The van der Waals surface area contributed by atoms with Crippen LogP contribution >= 0.6 is 0 Å². The number of nitrogens with two attached hydrogens (primary N) is 1. The Labute approximate surface area is 155 Å². The monoisotopic (exact) mass is 367 g/mol. The smallest absolute Gasteiger partial charge is 0.338 e. The maximum absolute atomic E-state index is 13.8. The van der Waals surface area contributed by atoms with Crippen molar-refractivity contribution in [1.29, 1.82) is 0 Å². The third-order valence-corrected chi connectivity index (χ3v) is 3.67. The minimum atomic E-state index is -0.417. The SMILES string of the molecule is CCOC(=O)c1ccc(Nc2ncnc(Nc3ccccc3F)c2N)cc1. The van der Waals surface area contributed by atoms with Crippen LogP contribution in [0.3, 0.4) is 0 Å². The fourth-order valence-electron chi connectivity index (χ4n) is 2.33. The van der Waals surface area contributed by atoms with Gasteiger partial charge in [-0.25, -0.2) is 19.2 Å². The molecule has 3 aromatic rings. The highest BCUT2D eigenvalue weighted by Crippen LogP contribution is 2.29. The number of nitrogens with zero attached hydrogens (tertiary/aromatic N) is 2. The molecule has 7 nitrogen and oxygen atoms in total. The molecule has 0 unspecified atom stereocenters. The van der Waals surface area contributed by atoms with Crippen LogP contribution in [0.25, 0.3) is 0 Å². The van der Waals surface area contributed by atoms with Crippen LogP contribution in [0.4, 0.5) is 33.1 Å². The molecule has 0 bridgehead atoms. The Hall–Kier alpha value is -3.68. The second-order valence-corrected chi connectivity index (χ2v) is 5.51. The van der Waals surface area contributed by atoms with Gasteiger partial charge >= 0.3 is 5.97 Å². The van der Waals surface area contributed by atoms with Gasteiger partial charge in [0.15, 0.2) is 11.6 Å². The molecule has 0 spiro atoms. The zero-order chi connectivity index (χ0) is 19.2. The molecule has 0 radical (unpaired) electrons. The summed E-state index contributed by atoms with van der Waals surface area (Å²) in [5, 5.41) is 5.90. The van der Waals surface area contributed by atoms with E-state index in [1.165, 1.54) is 12.4 Å². The van der Waals surface area contributed by atoms with E-state index in [-0.39, 0.29) is 23.2 Å². The van der Waals surface area contributed by atoms with Crippen molar-refractivity contribution in [1.82, 2.24) is 9.97 Å². The van der Waals surface area contributed by atoms with Crippen LogP contribution in [0, 0.1) is 5.82 Å². The number of nitrogen functional groups attached to an aromatic ring is 1. The van der Waals surface area contributed by atoms with Gasteiger partial charge in [-0.15, -0.1) is 0 Å². The summed E-state index contributed by atoms with van der Waals surface area (Å²) >= 11 is 0. The van der Waals surface area contributed by atoms with E-state index in [0.717, 1.165) is 0 Å². The molecule has 4 N–H and O–H groups in total. The number of carbonyl (C=O) groups excluding carboxylic acids is 1. The van der Waals surface area contributed by atoms with Gasteiger partial charge in [0.05, 0.1) is 17.9 Å². The molecule has 0 saturated heterocycles. The molecule has 0 aliphatic heterocycles. The van der Waals surface area contributed by atoms with Crippen molar-refractivity contribution in [3.63, 3.8) is 0 Å². The Morgan fingerprint density at radius 2 is 1.74 bits per heavy atom. The summed E-state index contributed by atoms with van der Waals surface area (Å²) in [4.78, 5) is 19.9. The summed E-state index contributed by atoms with van der Waals surface area (Å²) in [6, 6.07) is 12.9. The first-order valence-corrected chi connectivity index (χ1v) is 8.24. The average Bonchev–Trinajstić information content (AvgIpc) is 2.67.